The second-order valence-electron chi connectivity index (χ2n) is 8.98. The van der Waals surface area contributed by atoms with Crippen molar-refractivity contribution in [1.82, 2.24) is 19.3 Å². The highest BCUT2D eigenvalue weighted by molar-refractivity contribution is 7.89. The molecule has 0 aliphatic carbocycles. The van der Waals surface area contributed by atoms with E-state index in [4.69, 9.17) is 14.4 Å². The van der Waals surface area contributed by atoms with Crippen molar-refractivity contribution < 1.29 is 12.8 Å². The molecule has 1 fully saturated rings. The number of benzene rings is 3. The number of piperazine rings is 1. The molecule has 0 atom stereocenters. The monoisotopic (exact) mass is 511 g/mol. The zero-order valence-electron chi connectivity index (χ0n) is 20.3. The molecule has 0 saturated carbocycles. The average molecular weight is 512 g/mol. The van der Waals surface area contributed by atoms with Crippen LogP contribution in [0.2, 0.25) is 0 Å². The molecule has 2 aromatic heterocycles. The molecular weight excluding hydrogens is 486 g/mol. The van der Waals surface area contributed by atoms with E-state index >= 15 is 0 Å². The highest BCUT2D eigenvalue weighted by atomic mass is 32.2. The first-order valence-electron chi connectivity index (χ1n) is 12.1. The van der Waals surface area contributed by atoms with Crippen LogP contribution in [-0.4, -0.2) is 53.9 Å². The van der Waals surface area contributed by atoms with Crippen molar-refractivity contribution in [3.05, 3.63) is 90.5 Å². The number of oxazole rings is 1. The number of rotatable bonds is 5. The van der Waals surface area contributed by atoms with E-state index in [1.165, 1.54) is 4.31 Å². The van der Waals surface area contributed by atoms with Crippen molar-refractivity contribution in [3.8, 4) is 22.8 Å². The molecule has 6 rings (SSSR count). The van der Waals surface area contributed by atoms with Crippen LogP contribution in [0.3, 0.4) is 0 Å². The lowest BCUT2D eigenvalue weighted by molar-refractivity contribution is 0.383. The lowest BCUT2D eigenvalue weighted by Crippen LogP contribution is -2.49. The van der Waals surface area contributed by atoms with E-state index in [0.717, 1.165) is 16.7 Å². The number of hydrogen-bond donors (Lipinski definition) is 0. The lowest BCUT2D eigenvalue weighted by Gasteiger charge is -2.34. The highest BCUT2D eigenvalue weighted by Gasteiger charge is 2.31. The van der Waals surface area contributed by atoms with Crippen molar-refractivity contribution in [2.24, 2.45) is 0 Å². The minimum atomic E-state index is -3.57. The van der Waals surface area contributed by atoms with Crippen LogP contribution in [0.5, 0.6) is 0 Å². The van der Waals surface area contributed by atoms with Crippen LogP contribution >= 0.6 is 0 Å². The van der Waals surface area contributed by atoms with Gasteiger partial charge >= 0.3 is 0 Å². The van der Waals surface area contributed by atoms with Gasteiger partial charge in [0.05, 0.1) is 4.90 Å². The number of hydrogen-bond acceptors (Lipinski definition) is 7. The van der Waals surface area contributed by atoms with Crippen LogP contribution in [0.1, 0.15) is 5.56 Å². The summed E-state index contributed by atoms with van der Waals surface area (Å²) in [4.78, 5) is 16.6. The molecule has 0 spiro atoms. The van der Waals surface area contributed by atoms with E-state index in [1.54, 1.807) is 12.1 Å². The first kappa shape index (κ1) is 23.3. The van der Waals surface area contributed by atoms with Crippen LogP contribution in [0.25, 0.3) is 34.1 Å². The Morgan fingerprint density at radius 2 is 1.35 bits per heavy atom. The Morgan fingerprint density at radius 3 is 2.00 bits per heavy atom. The minimum Gasteiger partial charge on any atom is -0.430 e. The van der Waals surface area contributed by atoms with Gasteiger partial charge in [0.25, 0.3) is 0 Å². The first-order chi connectivity index (χ1) is 18.0. The van der Waals surface area contributed by atoms with Gasteiger partial charge in [-0.2, -0.15) is 9.29 Å². The number of sulfonamides is 1. The van der Waals surface area contributed by atoms with Crippen LogP contribution in [0.4, 0.5) is 5.82 Å². The average Bonchev–Trinajstić information content (AvgIpc) is 3.38. The Kier molecular flexibility index (Phi) is 5.94. The third-order valence-corrected chi connectivity index (χ3v) is 8.40. The molecule has 1 saturated heterocycles. The molecule has 3 aromatic carbocycles. The summed E-state index contributed by atoms with van der Waals surface area (Å²) >= 11 is 0. The number of aryl methyl sites for hydroxylation is 1. The number of aromatic nitrogens is 3. The smallest absolute Gasteiger partial charge is 0.243 e. The molecule has 0 radical (unpaired) electrons. The number of fused-ring (bicyclic) bond motifs is 1. The van der Waals surface area contributed by atoms with Crippen molar-refractivity contribution in [2.45, 2.75) is 11.8 Å². The minimum absolute atomic E-state index is 0.310. The van der Waals surface area contributed by atoms with Gasteiger partial charge in [-0.15, -0.1) is 0 Å². The lowest BCUT2D eigenvalue weighted by atomic mass is 10.2. The predicted molar refractivity (Wildman–Crippen MR) is 143 cm³/mol. The number of anilines is 1. The van der Waals surface area contributed by atoms with Crippen molar-refractivity contribution in [2.75, 3.05) is 31.1 Å². The van der Waals surface area contributed by atoms with E-state index in [2.05, 4.69) is 9.88 Å². The topological polar surface area (TPSA) is 92.4 Å². The molecule has 186 valence electrons. The van der Waals surface area contributed by atoms with Gasteiger partial charge < -0.3 is 9.32 Å². The zero-order valence-corrected chi connectivity index (χ0v) is 21.1. The Hall–Kier alpha value is -4.08. The summed E-state index contributed by atoms with van der Waals surface area (Å²) in [7, 11) is -3.57. The third-order valence-electron chi connectivity index (χ3n) is 6.49. The van der Waals surface area contributed by atoms with Gasteiger partial charge in [0.2, 0.25) is 27.1 Å². The molecule has 0 amide bonds. The van der Waals surface area contributed by atoms with Gasteiger partial charge in [0.15, 0.2) is 11.6 Å². The highest BCUT2D eigenvalue weighted by Crippen LogP contribution is 2.32. The standard InChI is InChI=1S/C28H25N5O3S/c1-20-12-14-23(15-13-20)37(34,35)33-18-16-32(17-19-33)27-24-26(29-25(30-27)21-8-4-2-5-9-21)31-28(36-24)22-10-6-3-7-11-22/h2-15H,16-19H2,1H3. The zero-order chi connectivity index (χ0) is 25.4. The van der Waals surface area contributed by atoms with E-state index in [1.807, 2.05) is 79.7 Å². The van der Waals surface area contributed by atoms with Crippen molar-refractivity contribution >= 4 is 27.1 Å². The molecule has 0 N–H and O–H groups in total. The second kappa shape index (κ2) is 9.42. The van der Waals surface area contributed by atoms with E-state index < -0.39 is 10.0 Å². The van der Waals surface area contributed by atoms with Crippen LogP contribution in [-0.2, 0) is 10.0 Å². The van der Waals surface area contributed by atoms with E-state index in [9.17, 15) is 8.42 Å². The summed E-state index contributed by atoms with van der Waals surface area (Å²) in [5.41, 5.74) is 3.70. The maximum atomic E-state index is 13.2. The Morgan fingerprint density at radius 1 is 0.730 bits per heavy atom. The van der Waals surface area contributed by atoms with Crippen LogP contribution in [0.15, 0.2) is 94.2 Å². The summed E-state index contributed by atoms with van der Waals surface area (Å²) in [6, 6.07) is 26.4. The maximum Gasteiger partial charge on any atom is 0.243 e. The molecule has 0 bridgehead atoms. The Labute approximate surface area is 215 Å². The summed E-state index contributed by atoms with van der Waals surface area (Å²) in [6.07, 6.45) is 0. The molecule has 1 aliphatic heterocycles. The Balaban J connectivity index is 1.35. The molecule has 8 nitrogen and oxygen atoms in total. The summed E-state index contributed by atoms with van der Waals surface area (Å²) < 4.78 is 34.1. The van der Waals surface area contributed by atoms with Gasteiger partial charge in [0.1, 0.15) is 0 Å². The van der Waals surface area contributed by atoms with Gasteiger partial charge in [-0.3, -0.25) is 0 Å². The third kappa shape index (κ3) is 4.47. The maximum absolute atomic E-state index is 13.2. The normalized spacial score (nSPS) is 14.8. The summed E-state index contributed by atoms with van der Waals surface area (Å²) in [6.45, 7) is 3.54. The Bertz CT molecular complexity index is 1650. The number of nitrogens with zero attached hydrogens (tertiary/aromatic N) is 5. The first-order valence-corrected chi connectivity index (χ1v) is 13.5. The SMILES string of the molecule is Cc1ccc(S(=O)(=O)N2CCN(c3nc(-c4ccccc4)nc4nc(-c5ccccc5)oc34)CC2)cc1. The molecule has 1 aliphatic rings. The van der Waals surface area contributed by atoms with Crippen LogP contribution in [0, 0.1) is 6.92 Å². The van der Waals surface area contributed by atoms with E-state index in [0.29, 0.717) is 59.8 Å². The van der Waals surface area contributed by atoms with Gasteiger partial charge in [-0.05, 0) is 31.2 Å². The fourth-order valence-electron chi connectivity index (χ4n) is 4.44. The largest absolute Gasteiger partial charge is 0.430 e. The summed E-state index contributed by atoms with van der Waals surface area (Å²) in [5.74, 6) is 1.63. The van der Waals surface area contributed by atoms with Gasteiger partial charge in [0, 0.05) is 37.3 Å². The molecule has 37 heavy (non-hydrogen) atoms. The molecule has 0 unspecified atom stereocenters. The van der Waals surface area contributed by atoms with Gasteiger partial charge in [-0.25, -0.2) is 18.4 Å². The summed E-state index contributed by atoms with van der Waals surface area (Å²) in [5, 5.41) is 0. The van der Waals surface area contributed by atoms with Gasteiger partial charge in [-0.1, -0.05) is 66.2 Å². The van der Waals surface area contributed by atoms with E-state index in [-0.39, 0.29) is 0 Å². The predicted octanol–water partition coefficient (Wildman–Crippen LogP) is 4.77. The fourth-order valence-corrected chi connectivity index (χ4v) is 5.87. The second-order valence-corrected chi connectivity index (χ2v) is 10.9. The molecular formula is C28H25N5O3S. The fraction of sp³-hybridized carbons (Fsp3) is 0.179. The quantitative estimate of drug-likeness (QED) is 0.336. The molecule has 3 heterocycles. The molecule has 5 aromatic rings. The van der Waals surface area contributed by atoms with Crippen molar-refractivity contribution in [3.63, 3.8) is 0 Å². The van der Waals surface area contributed by atoms with Crippen LogP contribution < -0.4 is 4.90 Å². The van der Waals surface area contributed by atoms with Crippen molar-refractivity contribution in [1.29, 1.82) is 0 Å². The molecule has 9 heteroatoms.